The molecule has 0 bridgehead atoms. The normalized spacial score (nSPS) is 17.8. The number of anilines is 1. The monoisotopic (exact) mass is 353 g/mol. The Balaban J connectivity index is 1.59. The summed E-state index contributed by atoms with van der Waals surface area (Å²) in [6.45, 7) is 1.04. The molecule has 24 heavy (non-hydrogen) atoms. The summed E-state index contributed by atoms with van der Waals surface area (Å²) in [5.41, 5.74) is 1.85. The quantitative estimate of drug-likeness (QED) is 0.552. The lowest BCUT2D eigenvalue weighted by Gasteiger charge is -2.24. The summed E-state index contributed by atoms with van der Waals surface area (Å²) in [5, 5.41) is 19.7. The molecule has 4 aromatic rings. The molecule has 0 radical (unpaired) electrons. The van der Waals surface area contributed by atoms with E-state index in [1.807, 2.05) is 27.3 Å². The Bertz CT molecular complexity index is 958. The van der Waals surface area contributed by atoms with Crippen LogP contribution in [0.1, 0.15) is 23.8 Å². The minimum atomic E-state index is 0.427. The summed E-state index contributed by atoms with van der Waals surface area (Å²) in [4.78, 5) is 3.82. The fourth-order valence-corrected chi connectivity index (χ4v) is 4.83. The zero-order chi connectivity index (χ0) is 15.9. The van der Waals surface area contributed by atoms with Gasteiger partial charge in [-0.3, -0.25) is 0 Å². The first kappa shape index (κ1) is 14.1. The second-order valence-electron chi connectivity index (χ2n) is 5.86. The van der Waals surface area contributed by atoms with Gasteiger partial charge < -0.3 is 4.90 Å². The SMILES string of the molecule is c1csc(C2CCCN2c2ccc3nnc(-c4ccsc4)n3n2)c1. The maximum absolute atomic E-state index is 4.86. The van der Waals surface area contributed by atoms with Crippen LogP contribution < -0.4 is 4.90 Å². The van der Waals surface area contributed by atoms with Gasteiger partial charge in [0, 0.05) is 22.4 Å². The lowest BCUT2D eigenvalue weighted by atomic mass is 10.2. The number of fused-ring (bicyclic) bond motifs is 1. The number of rotatable bonds is 3. The van der Waals surface area contributed by atoms with Gasteiger partial charge in [0.1, 0.15) is 5.82 Å². The fraction of sp³-hybridized carbons (Fsp3) is 0.235. The first-order valence-electron chi connectivity index (χ1n) is 7.95. The summed E-state index contributed by atoms with van der Waals surface area (Å²) in [7, 11) is 0. The van der Waals surface area contributed by atoms with Crippen molar-refractivity contribution in [2.45, 2.75) is 18.9 Å². The second-order valence-corrected chi connectivity index (χ2v) is 7.62. The van der Waals surface area contributed by atoms with E-state index in [9.17, 15) is 0 Å². The van der Waals surface area contributed by atoms with Crippen molar-refractivity contribution >= 4 is 34.1 Å². The molecule has 0 amide bonds. The van der Waals surface area contributed by atoms with Gasteiger partial charge in [-0.15, -0.1) is 26.6 Å². The lowest BCUT2D eigenvalue weighted by molar-refractivity contribution is 0.715. The number of thiophene rings is 2. The predicted octanol–water partition coefficient (Wildman–Crippen LogP) is 4.26. The van der Waals surface area contributed by atoms with E-state index in [-0.39, 0.29) is 0 Å². The summed E-state index contributed by atoms with van der Waals surface area (Å²) in [6.07, 6.45) is 2.38. The van der Waals surface area contributed by atoms with Crippen molar-refractivity contribution < 1.29 is 0 Å². The van der Waals surface area contributed by atoms with Gasteiger partial charge in [-0.05, 0) is 47.9 Å². The van der Waals surface area contributed by atoms with Crippen LogP contribution in [-0.2, 0) is 0 Å². The maximum Gasteiger partial charge on any atom is 0.186 e. The predicted molar refractivity (Wildman–Crippen MR) is 97.7 cm³/mol. The van der Waals surface area contributed by atoms with Crippen molar-refractivity contribution in [3.63, 3.8) is 0 Å². The second kappa shape index (κ2) is 5.68. The molecule has 0 N–H and O–H groups in total. The van der Waals surface area contributed by atoms with Gasteiger partial charge in [0.2, 0.25) is 0 Å². The Morgan fingerprint density at radius 3 is 2.92 bits per heavy atom. The van der Waals surface area contributed by atoms with Crippen LogP contribution >= 0.6 is 22.7 Å². The van der Waals surface area contributed by atoms with Crippen molar-refractivity contribution in [3.8, 4) is 11.4 Å². The van der Waals surface area contributed by atoms with E-state index in [1.54, 1.807) is 11.3 Å². The van der Waals surface area contributed by atoms with Crippen molar-refractivity contribution in [1.29, 1.82) is 0 Å². The van der Waals surface area contributed by atoms with Gasteiger partial charge in [-0.1, -0.05) is 6.07 Å². The van der Waals surface area contributed by atoms with Crippen molar-refractivity contribution in [3.05, 3.63) is 51.3 Å². The van der Waals surface area contributed by atoms with Crippen LogP contribution in [0.5, 0.6) is 0 Å². The molecule has 7 heteroatoms. The van der Waals surface area contributed by atoms with Crippen LogP contribution in [0.2, 0.25) is 0 Å². The van der Waals surface area contributed by atoms with Crippen molar-refractivity contribution in [2.24, 2.45) is 0 Å². The Morgan fingerprint density at radius 1 is 1.08 bits per heavy atom. The molecule has 120 valence electrons. The van der Waals surface area contributed by atoms with Crippen LogP contribution in [0.25, 0.3) is 17.0 Å². The first-order valence-corrected chi connectivity index (χ1v) is 9.77. The van der Waals surface area contributed by atoms with E-state index >= 15 is 0 Å². The number of nitrogens with zero attached hydrogens (tertiary/aromatic N) is 5. The molecule has 1 saturated heterocycles. The van der Waals surface area contributed by atoms with E-state index in [2.05, 4.69) is 50.1 Å². The standard InChI is InChI=1S/C17H15N5S2/c1-3-13(14-4-2-9-24-14)21(8-1)16-6-5-15-18-19-17(22(15)20-16)12-7-10-23-11-12/h2,4-7,9-11,13H,1,3,8H2. The zero-order valence-electron chi connectivity index (χ0n) is 12.9. The molecule has 0 aliphatic carbocycles. The molecule has 1 fully saturated rings. The summed E-state index contributed by atoms with van der Waals surface area (Å²) < 4.78 is 1.86. The fourth-order valence-electron chi connectivity index (χ4n) is 3.32. The summed E-state index contributed by atoms with van der Waals surface area (Å²) >= 11 is 3.48. The molecular formula is C17H15N5S2. The molecule has 5 rings (SSSR count). The Kier molecular flexibility index (Phi) is 3.34. The molecule has 0 spiro atoms. The van der Waals surface area contributed by atoms with Gasteiger partial charge in [0.25, 0.3) is 0 Å². The van der Waals surface area contributed by atoms with E-state index in [0.717, 1.165) is 29.4 Å². The minimum absolute atomic E-state index is 0.427. The first-order chi connectivity index (χ1) is 11.9. The highest BCUT2D eigenvalue weighted by Crippen LogP contribution is 2.37. The Hall–Kier alpha value is -2.25. The van der Waals surface area contributed by atoms with Gasteiger partial charge >= 0.3 is 0 Å². The van der Waals surface area contributed by atoms with Crippen molar-refractivity contribution in [1.82, 2.24) is 19.8 Å². The molecule has 1 unspecified atom stereocenters. The van der Waals surface area contributed by atoms with Crippen molar-refractivity contribution in [2.75, 3.05) is 11.4 Å². The van der Waals surface area contributed by atoms with E-state index in [0.29, 0.717) is 6.04 Å². The molecule has 5 heterocycles. The third kappa shape index (κ3) is 2.23. The Morgan fingerprint density at radius 2 is 2.08 bits per heavy atom. The maximum atomic E-state index is 4.86. The molecule has 1 atom stereocenters. The zero-order valence-corrected chi connectivity index (χ0v) is 14.5. The Labute approximate surface area is 147 Å². The summed E-state index contributed by atoms with van der Waals surface area (Å²) in [5.74, 6) is 1.80. The van der Waals surface area contributed by atoms with Gasteiger partial charge in [0.05, 0.1) is 6.04 Å². The highest BCUT2D eigenvalue weighted by molar-refractivity contribution is 7.10. The van der Waals surface area contributed by atoms with E-state index in [1.165, 1.54) is 17.7 Å². The molecule has 4 aromatic heterocycles. The molecule has 5 nitrogen and oxygen atoms in total. The number of aromatic nitrogens is 4. The minimum Gasteiger partial charge on any atom is -0.347 e. The van der Waals surface area contributed by atoms with Crippen LogP contribution in [0.3, 0.4) is 0 Å². The molecule has 0 aromatic carbocycles. The summed E-state index contributed by atoms with van der Waals surface area (Å²) in [6, 6.07) is 10.9. The van der Waals surface area contributed by atoms with Crippen LogP contribution in [0, 0.1) is 0 Å². The van der Waals surface area contributed by atoms with Gasteiger partial charge in [-0.2, -0.15) is 15.9 Å². The topological polar surface area (TPSA) is 46.3 Å². The van der Waals surface area contributed by atoms with E-state index in [4.69, 9.17) is 5.10 Å². The smallest absolute Gasteiger partial charge is 0.186 e. The van der Waals surface area contributed by atoms with Gasteiger partial charge in [0.15, 0.2) is 11.5 Å². The molecular weight excluding hydrogens is 338 g/mol. The van der Waals surface area contributed by atoms with Gasteiger partial charge in [-0.25, -0.2) is 0 Å². The largest absolute Gasteiger partial charge is 0.347 e. The molecule has 0 saturated carbocycles. The van der Waals surface area contributed by atoms with Crippen LogP contribution in [-0.4, -0.2) is 26.4 Å². The number of hydrogen-bond acceptors (Lipinski definition) is 6. The average molecular weight is 353 g/mol. The highest BCUT2D eigenvalue weighted by atomic mass is 32.1. The highest BCUT2D eigenvalue weighted by Gasteiger charge is 2.28. The lowest BCUT2D eigenvalue weighted by Crippen LogP contribution is -2.23. The average Bonchev–Trinajstić information content (AvgIpc) is 3.41. The third-order valence-corrected chi connectivity index (χ3v) is 6.10. The third-order valence-electron chi connectivity index (χ3n) is 4.45. The van der Waals surface area contributed by atoms with Crippen LogP contribution in [0.15, 0.2) is 46.5 Å². The molecule has 1 aliphatic rings. The number of hydrogen-bond donors (Lipinski definition) is 0. The molecule has 1 aliphatic heterocycles. The van der Waals surface area contributed by atoms with Crippen LogP contribution in [0.4, 0.5) is 5.82 Å². The van der Waals surface area contributed by atoms with E-state index < -0.39 is 0 Å².